The number of benzene rings is 1. The van der Waals surface area contributed by atoms with E-state index in [-0.39, 0.29) is 6.03 Å². The van der Waals surface area contributed by atoms with Gasteiger partial charge in [0, 0.05) is 19.6 Å². The van der Waals surface area contributed by atoms with Crippen molar-refractivity contribution in [3.8, 4) is 0 Å². The Morgan fingerprint density at radius 1 is 1.20 bits per heavy atom. The van der Waals surface area contributed by atoms with E-state index in [2.05, 4.69) is 32.8 Å². The third-order valence-corrected chi connectivity index (χ3v) is 5.56. The molecule has 1 aliphatic carbocycles. The topological polar surface area (TPSA) is 70.1 Å². The number of nitrogens with one attached hydrogen (secondary N) is 2. The lowest BCUT2D eigenvalue weighted by Crippen LogP contribution is -2.33. The molecule has 1 aliphatic rings. The Morgan fingerprint density at radius 2 is 1.92 bits per heavy atom. The number of aromatic nitrogens is 2. The zero-order valence-corrected chi connectivity index (χ0v) is 15.6. The van der Waals surface area contributed by atoms with Gasteiger partial charge in [-0.25, -0.2) is 4.79 Å². The zero-order chi connectivity index (χ0) is 17.6. The van der Waals surface area contributed by atoms with Gasteiger partial charge in [0.05, 0.1) is 0 Å². The fourth-order valence-electron chi connectivity index (χ4n) is 3.06. The van der Waals surface area contributed by atoms with Crippen LogP contribution in [0, 0.1) is 6.92 Å². The minimum absolute atomic E-state index is 0.261. The van der Waals surface area contributed by atoms with Crippen molar-refractivity contribution in [3.05, 3.63) is 35.4 Å². The summed E-state index contributed by atoms with van der Waals surface area (Å²) in [5, 5.41) is 15.3. The van der Waals surface area contributed by atoms with Crippen molar-refractivity contribution in [3.63, 3.8) is 0 Å². The van der Waals surface area contributed by atoms with Crippen LogP contribution in [-0.4, -0.2) is 29.3 Å². The van der Waals surface area contributed by atoms with Gasteiger partial charge in [0.15, 0.2) is 0 Å². The van der Waals surface area contributed by atoms with Gasteiger partial charge in [-0.1, -0.05) is 60.4 Å². The molecule has 0 aliphatic heterocycles. The second-order valence-electron chi connectivity index (χ2n) is 6.59. The molecule has 1 fully saturated rings. The normalized spacial score (nSPS) is 15.0. The monoisotopic (exact) mass is 359 g/mol. The van der Waals surface area contributed by atoms with E-state index >= 15 is 0 Å². The molecule has 0 radical (unpaired) electrons. The van der Waals surface area contributed by atoms with Gasteiger partial charge in [-0.2, -0.15) is 0 Å². The number of rotatable bonds is 5. The Morgan fingerprint density at radius 3 is 2.64 bits per heavy atom. The Labute approximate surface area is 152 Å². The van der Waals surface area contributed by atoms with Crippen molar-refractivity contribution < 1.29 is 4.79 Å². The Bertz CT molecular complexity index is 694. The van der Waals surface area contributed by atoms with E-state index in [1.807, 2.05) is 31.2 Å². The van der Waals surface area contributed by atoms with E-state index in [1.165, 1.54) is 49.0 Å². The van der Waals surface area contributed by atoms with Gasteiger partial charge >= 0.3 is 6.03 Å². The second kappa shape index (κ2) is 8.29. The molecule has 1 aromatic carbocycles. The number of aryl methyl sites for hydroxylation is 1. The molecule has 0 bridgehead atoms. The van der Waals surface area contributed by atoms with E-state index < -0.39 is 0 Å². The Balaban J connectivity index is 1.50. The molecule has 134 valence electrons. The predicted molar refractivity (Wildman–Crippen MR) is 102 cm³/mol. The van der Waals surface area contributed by atoms with Crippen molar-refractivity contribution >= 4 is 27.6 Å². The maximum absolute atomic E-state index is 12.0. The van der Waals surface area contributed by atoms with Crippen LogP contribution in [0.25, 0.3) is 0 Å². The van der Waals surface area contributed by atoms with Gasteiger partial charge in [0.2, 0.25) is 10.3 Å². The van der Waals surface area contributed by atoms with Crippen LogP contribution in [0.5, 0.6) is 0 Å². The lowest BCUT2D eigenvalue weighted by atomic mass is 9.95. The summed E-state index contributed by atoms with van der Waals surface area (Å²) in [6, 6.07) is 8.36. The third-order valence-electron chi connectivity index (χ3n) is 4.63. The van der Waals surface area contributed by atoms with Crippen LogP contribution >= 0.6 is 11.3 Å². The summed E-state index contributed by atoms with van der Waals surface area (Å²) in [5.41, 5.74) is 2.27. The number of anilines is 2. The molecular weight excluding hydrogens is 334 g/mol. The van der Waals surface area contributed by atoms with Crippen molar-refractivity contribution in [2.75, 3.05) is 17.3 Å². The summed E-state index contributed by atoms with van der Waals surface area (Å²) in [6.45, 7) is 2.53. The number of nitrogens with zero attached hydrogens (tertiary/aromatic N) is 3. The standard InChI is InChI=1S/C18H25N5OS/c1-13-8-10-14(11-9-13)12-19-16(24)20-17-21-22-18(25-17)23(2)15-6-4-3-5-7-15/h8-11,15H,3-7,12H2,1-2H3,(H2,19,20,21,24). The molecule has 1 aromatic heterocycles. The highest BCUT2D eigenvalue weighted by molar-refractivity contribution is 7.19. The van der Waals surface area contributed by atoms with Crippen LogP contribution in [0.1, 0.15) is 43.2 Å². The lowest BCUT2D eigenvalue weighted by Gasteiger charge is -2.30. The molecule has 1 heterocycles. The van der Waals surface area contributed by atoms with Gasteiger partial charge in [0.25, 0.3) is 0 Å². The maximum atomic E-state index is 12.0. The zero-order valence-electron chi connectivity index (χ0n) is 14.8. The van der Waals surface area contributed by atoms with Gasteiger partial charge in [-0.3, -0.25) is 5.32 Å². The summed E-state index contributed by atoms with van der Waals surface area (Å²) >= 11 is 1.42. The van der Waals surface area contributed by atoms with Crippen molar-refractivity contribution in [2.24, 2.45) is 0 Å². The Hall–Kier alpha value is -2.15. The number of hydrogen-bond acceptors (Lipinski definition) is 5. The molecule has 2 N–H and O–H groups in total. The molecule has 0 saturated heterocycles. The van der Waals surface area contributed by atoms with E-state index in [1.54, 1.807) is 0 Å². The highest BCUT2D eigenvalue weighted by atomic mass is 32.1. The molecular formula is C18H25N5OS. The van der Waals surface area contributed by atoms with E-state index in [9.17, 15) is 4.79 Å². The van der Waals surface area contributed by atoms with Gasteiger partial charge in [-0.05, 0) is 25.3 Å². The molecule has 1 saturated carbocycles. The molecule has 2 amide bonds. The molecule has 2 aromatic rings. The van der Waals surface area contributed by atoms with E-state index in [0.717, 1.165) is 10.7 Å². The second-order valence-corrected chi connectivity index (χ2v) is 7.54. The van der Waals surface area contributed by atoms with Gasteiger partial charge < -0.3 is 10.2 Å². The van der Waals surface area contributed by atoms with Gasteiger partial charge in [-0.15, -0.1) is 10.2 Å². The smallest absolute Gasteiger partial charge is 0.321 e. The fraction of sp³-hybridized carbons (Fsp3) is 0.500. The number of amides is 2. The first-order valence-electron chi connectivity index (χ1n) is 8.78. The van der Waals surface area contributed by atoms with Crippen LogP contribution in [0.15, 0.2) is 24.3 Å². The van der Waals surface area contributed by atoms with Crippen molar-refractivity contribution in [1.29, 1.82) is 0 Å². The average molecular weight is 359 g/mol. The summed E-state index contributed by atoms with van der Waals surface area (Å²) in [4.78, 5) is 14.2. The third kappa shape index (κ3) is 4.92. The highest BCUT2D eigenvalue weighted by Crippen LogP contribution is 2.29. The molecule has 7 heteroatoms. The maximum Gasteiger partial charge on any atom is 0.321 e. The first-order chi connectivity index (χ1) is 12.1. The van der Waals surface area contributed by atoms with Gasteiger partial charge in [0.1, 0.15) is 0 Å². The van der Waals surface area contributed by atoms with Crippen molar-refractivity contribution in [1.82, 2.24) is 15.5 Å². The van der Waals surface area contributed by atoms with E-state index in [0.29, 0.717) is 17.7 Å². The van der Waals surface area contributed by atoms with E-state index in [4.69, 9.17) is 0 Å². The number of hydrogen-bond donors (Lipinski definition) is 2. The molecule has 0 unspecified atom stereocenters. The first kappa shape index (κ1) is 17.7. The number of carbonyl (C=O) groups is 1. The molecule has 25 heavy (non-hydrogen) atoms. The lowest BCUT2D eigenvalue weighted by molar-refractivity contribution is 0.251. The van der Waals surface area contributed by atoms with Crippen molar-refractivity contribution in [2.45, 2.75) is 51.6 Å². The van der Waals surface area contributed by atoms with Crippen LogP contribution in [0.2, 0.25) is 0 Å². The highest BCUT2D eigenvalue weighted by Gasteiger charge is 2.21. The largest absolute Gasteiger partial charge is 0.347 e. The molecule has 0 spiro atoms. The fourth-order valence-corrected chi connectivity index (χ4v) is 3.84. The average Bonchev–Trinajstić information content (AvgIpc) is 3.10. The summed E-state index contributed by atoms with van der Waals surface area (Å²) < 4.78 is 0. The quantitative estimate of drug-likeness (QED) is 0.848. The van der Waals surface area contributed by atoms with Crippen LogP contribution in [0.4, 0.5) is 15.1 Å². The number of carbonyl (C=O) groups excluding carboxylic acids is 1. The first-order valence-corrected chi connectivity index (χ1v) is 9.60. The minimum Gasteiger partial charge on any atom is -0.347 e. The Kier molecular flexibility index (Phi) is 5.86. The predicted octanol–water partition coefficient (Wildman–Crippen LogP) is 3.94. The number of urea groups is 1. The molecule has 0 atom stereocenters. The summed E-state index contributed by atoms with van der Waals surface area (Å²) in [6.07, 6.45) is 6.29. The van der Waals surface area contributed by atoms with Crippen LogP contribution < -0.4 is 15.5 Å². The minimum atomic E-state index is -0.261. The van der Waals surface area contributed by atoms with Crippen LogP contribution in [0.3, 0.4) is 0 Å². The summed E-state index contributed by atoms with van der Waals surface area (Å²) in [5.74, 6) is 0. The molecule has 6 nitrogen and oxygen atoms in total. The molecule has 3 rings (SSSR count). The van der Waals surface area contributed by atoms with Crippen LogP contribution in [-0.2, 0) is 6.54 Å². The summed E-state index contributed by atoms with van der Waals surface area (Å²) in [7, 11) is 2.07. The SMILES string of the molecule is Cc1ccc(CNC(=O)Nc2nnc(N(C)C3CCCCC3)s2)cc1.